The number of carbonyl (C=O) groups is 2. The maximum absolute atomic E-state index is 13.1. The first kappa shape index (κ1) is 19.1. The van der Waals surface area contributed by atoms with Crippen LogP contribution in [0.4, 0.5) is 14.9 Å². The van der Waals surface area contributed by atoms with Crippen molar-refractivity contribution in [1.82, 2.24) is 10.2 Å². The van der Waals surface area contributed by atoms with Crippen molar-refractivity contribution < 1.29 is 18.7 Å². The van der Waals surface area contributed by atoms with Crippen LogP contribution in [0.15, 0.2) is 48.2 Å². The summed E-state index contributed by atoms with van der Waals surface area (Å²) in [5, 5.41) is 2.64. The first-order valence-corrected chi connectivity index (χ1v) is 9.53. The van der Waals surface area contributed by atoms with Crippen LogP contribution in [0, 0.1) is 12.7 Å². The van der Waals surface area contributed by atoms with Crippen LogP contribution < -0.4 is 10.2 Å². The maximum atomic E-state index is 13.1. The fourth-order valence-corrected chi connectivity index (χ4v) is 3.48. The van der Waals surface area contributed by atoms with Gasteiger partial charge in [-0.25, -0.2) is 9.18 Å². The van der Waals surface area contributed by atoms with Gasteiger partial charge in [-0.2, -0.15) is 0 Å². The Hall–Kier alpha value is -3.19. The molecule has 0 bridgehead atoms. The number of imide groups is 1. The zero-order chi connectivity index (χ0) is 20.4. The second-order valence-corrected chi connectivity index (χ2v) is 7.15. The van der Waals surface area contributed by atoms with Gasteiger partial charge in [0.15, 0.2) is 0 Å². The van der Waals surface area contributed by atoms with Crippen molar-refractivity contribution in [3.63, 3.8) is 0 Å². The fourth-order valence-electron chi connectivity index (χ4n) is 3.48. The number of carbonyl (C=O) groups excluding carboxylic acids is 2. The summed E-state index contributed by atoms with van der Waals surface area (Å²) in [5.41, 5.74) is 3.92. The van der Waals surface area contributed by atoms with E-state index in [0.717, 1.165) is 48.0 Å². The van der Waals surface area contributed by atoms with E-state index in [1.807, 2.05) is 19.1 Å². The summed E-state index contributed by atoms with van der Waals surface area (Å²) in [6.45, 7) is 5.22. The lowest BCUT2D eigenvalue weighted by Crippen LogP contribution is -2.36. The maximum Gasteiger partial charge on any atom is 0.329 e. The van der Waals surface area contributed by atoms with Crippen LogP contribution in [-0.2, 0) is 16.1 Å². The molecule has 0 unspecified atom stereocenters. The Morgan fingerprint density at radius 3 is 2.52 bits per heavy atom. The number of morpholine rings is 1. The average molecular weight is 395 g/mol. The predicted molar refractivity (Wildman–Crippen MR) is 108 cm³/mol. The van der Waals surface area contributed by atoms with Gasteiger partial charge in [-0.1, -0.05) is 18.2 Å². The average Bonchev–Trinajstić information content (AvgIpc) is 2.99. The number of benzene rings is 2. The van der Waals surface area contributed by atoms with E-state index >= 15 is 0 Å². The molecule has 2 aromatic rings. The van der Waals surface area contributed by atoms with Crippen molar-refractivity contribution in [3.05, 3.63) is 70.7 Å². The van der Waals surface area contributed by atoms with E-state index < -0.39 is 11.9 Å². The summed E-state index contributed by atoms with van der Waals surface area (Å²) in [7, 11) is 0. The van der Waals surface area contributed by atoms with Gasteiger partial charge in [0.05, 0.1) is 19.8 Å². The molecule has 0 radical (unpaired) electrons. The highest BCUT2D eigenvalue weighted by Gasteiger charge is 2.33. The van der Waals surface area contributed by atoms with E-state index in [2.05, 4.69) is 16.3 Å². The smallest absolute Gasteiger partial charge is 0.329 e. The Labute approximate surface area is 168 Å². The van der Waals surface area contributed by atoms with E-state index in [4.69, 9.17) is 4.74 Å². The van der Waals surface area contributed by atoms with Gasteiger partial charge in [-0.05, 0) is 54.0 Å². The molecule has 2 heterocycles. The molecule has 3 amide bonds. The molecule has 2 saturated heterocycles. The number of nitrogens with one attached hydrogen (secondary N) is 1. The molecule has 2 aliphatic rings. The molecule has 2 aliphatic heterocycles. The summed E-state index contributed by atoms with van der Waals surface area (Å²) in [5.74, 6) is -0.751. The molecule has 7 heteroatoms. The van der Waals surface area contributed by atoms with Crippen molar-refractivity contribution >= 4 is 23.7 Å². The number of hydrogen-bond acceptors (Lipinski definition) is 4. The monoisotopic (exact) mass is 395 g/mol. The molecule has 2 fully saturated rings. The Bertz CT molecular complexity index is 966. The summed E-state index contributed by atoms with van der Waals surface area (Å²) in [4.78, 5) is 28.3. The number of rotatable bonds is 4. The molecule has 0 spiro atoms. The fraction of sp³-hybridized carbons (Fsp3) is 0.273. The third-order valence-corrected chi connectivity index (χ3v) is 5.15. The SMILES string of the molecule is Cc1cc(N2CCOCC2)ccc1/C=C1\NC(=O)N(Cc2ccc(F)cc2)C1=O. The predicted octanol–water partition coefficient (Wildman–Crippen LogP) is 3.06. The van der Waals surface area contributed by atoms with Gasteiger partial charge in [-0.3, -0.25) is 9.69 Å². The lowest BCUT2D eigenvalue weighted by atomic mass is 10.1. The molecule has 4 rings (SSSR count). The summed E-state index contributed by atoms with van der Waals surface area (Å²) >= 11 is 0. The van der Waals surface area contributed by atoms with Gasteiger partial charge in [0.25, 0.3) is 5.91 Å². The van der Waals surface area contributed by atoms with Crippen LogP contribution in [0.3, 0.4) is 0 Å². The highest BCUT2D eigenvalue weighted by atomic mass is 19.1. The van der Waals surface area contributed by atoms with Crippen molar-refractivity contribution in [2.24, 2.45) is 0 Å². The van der Waals surface area contributed by atoms with Crippen LogP contribution in [0.5, 0.6) is 0 Å². The van der Waals surface area contributed by atoms with E-state index in [-0.39, 0.29) is 18.1 Å². The molecule has 1 N–H and O–H groups in total. The molecule has 2 aromatic carbocycles. The quantitative estimate of drug-likeness (QED) is 0.639. The normalized spacial score (nSPS) is 18.5. The molecule has 6 nitrogen and oxygen atoms in total. The number of nitrogens with zero attached hydrogens (tertiary/aromatic N) is 2. The van der Waals surface area contributed by atoms with Gasteiger partial charge in [-0.15, -0.1) is 0 Å². The topological polar surface area (TPSA) is 61.9 Å². The number of halogens is 1. The van der Waals surface area contributed by atoms with Crippen molar-refractivity contribution in [2.45, 2.75) is 13.5 Å². The van der Waals surface area contributed by atoms with Crippen molar-refractivity contribution in [1.29, 1.82) is 0 Å². The number of hydrogen-bond donors (Lipinski definition) is 1. The standard InChI is InChI=1S/C22H22FN3O3/c1-15-12-19(25-8-10-29-11-9-25)7-4-17(15)13-20-21(27)26(22(28)24-20)14-16-2-5-18(23)6-3-16/h2-7,12-13H,8-11,14H2,1H3,(H,24,28)/b20-13-. The lowest BCUT2D eigenvalue weighted by molar-refractivity contribution is -0.123. The van der Waals surface area contributed by atoms with Gasteiger partial charge in [0.1, 0.15) is 11.5 Å². The summed E-state index contributed by atoms with van der Waals surface area (Å²) in [6, 6.07) is 11.3. The molecular weight excluding hydrogens is 373 g/mol. The van der Waals surface area contributed by atoms with Crippen molar-refractivity contribution in [3.8, 4) is 0 Å². The molecule has 0 atom stereocenters. The van der Waals surface area contributed by atoms with Crippen LogP contribution in [0.2, 0.25) is 0 Å². The Morgan fingerprint density at radius 1 is 1.10 bits per heavy atom. The van der Waals surface area contributed by atoms with Gasteiger partial charge < -0.3 is 15.0 Å². The van der Waals surface area contributed by atoms with Crippen LogP contribution in [-0.4, -0.2) is 43.1 Å². The second-order valence-electron chi connectivity index (χ2n) is 7.15. The highest BCUT2D eigenvalue weighted by Crippen LogP contribution is 2.23. The molecule has 0 saturated carbocycles. The van der Waals surface area contributed by atoms with Gasteiger partial charge >= 0.3 is 6.03 Å². The van der Waals surface area contributed by atoms with Gasteiger partial charge in [0.2, 0.25) is 0 Å². The third kappa shape index (κ3) is 4.14. The van der Waals surface area contributed by atoms with Gasteiger partial charge in [0, 0.05) is 18.8 Å². The lowest BCUT2D eigenvalue weighted by Gasteiger charge is -2.29. The Kier molecular flexibility index (Phi) is 5.31. The minimum Gasteiger partial charge on any atom is -0.378 e. The Morgan fingerprint density at radius 2 is 1.83 bits per heavy atom. The minimum absolute atomic E-state index is 0.0945. The first-order chi connectivity index (χ1) is 14.0. The van der Waals surface area contributed by atoms with E-state index in [1.165, 1.54) is 12.1 Å². The van der Waals surface area contributed by atoms with E-state index in [1.54, 1.807) is 18.2 Å². The molecular formula is C22H22FN3O3. The largest absolute Gasteiger partial charge is 0.378 e. The summed E-state index contributed by atoms with van der Waals surface area (Å²) < 4.78 is 18.5. The molecule has 150 valence electrons. The van der Waals surface area contributed by atoms with E-state index in [0.29, 0.717) is 5.56 Å². The Balaban J connectivity index is 1.51. The number of ether oxygens (including phenoxy) is 1. The zero-order valence-corrected chi connectivity index (χ0v) is 16.2. The minimum atomic E-state index is -0.479. The molecule has 29 heavy (non-hydrogen) atoms. The first-order valence-electron chi connectivity index (χ1n) is 9.53. The van der Waals surface area contributed by atoms with Crippen LogP contribution in [0.25, 0.3) is 6.08 Å². The number of anilines is 1. The second kappa shape index (κ2) is 8.05. The van der Waals surface area contributed by atoms with Crippen molar-refractivity contribution in [2.75, 3.05) is 31.2 Å². The highest BCUT2D eigenvalue weighted by molar-refractivity contribution is 6.14. The summed E-state index contributed by atoms with van der Waals surface area (Å²) in [6.07, 6.45) is 1.70. The zero-order valence-electron chi connectivity index (χ0n) is 16.2. The van der Waals surface area contributed by atoms with Crippen LogP contribution in [0.1, 0.15) is 16.7 Å². The van der Waals surface area contributed by atoms with E-state index in [9.17, 15) is 14.0 Å². The number of urea groups is 1. The number of amides is 3. The molecule has 0 aliphatic carbocycles. The third-order valence-electron chi connectivity index (χ3n) is 5.15. The number of aryl methyl sites for hydroxylation is 1. The molecule has 0 aromatic heterocycles. The van der Waals surface area contributed by atoms with Crippen LogP contribution >= 0.6 is 0 Å².